The maximum absolute atomic E-state index is 11.0. The van der Waals surface area contributed by atoms with Crippen LogP contribution in [0.4, 0.5) is 0 Å². The zero-order valence-corrected chi connectivity index (χ0v) is 8.13. The summed E-state index contributed by atoms with van der Waals surface area (Å²) in [5.74, 6) is -0.169. The van der Waals surface area contributed by atoms with Gasteiger partial charge in [-0.2, -0.15) is 0 Å². The van der Waals surface area contributed by atoms with Crippen LogP contribution in [0, 0.1) is 0 Å². The van der Waals surface area contributed by atoms with E-state index in [2.05, 4.69) is 0 Å². The molecule has 0 aliphatic rings. The molecule has 72 valence electrons. The second kappa shape index (κ2) is 7.10. The summed E-state index contributed by atoms with van der Waals surface area (Å²) in [6, 6.07) is 0. The first-order valence-corrected chi connectivity index (χ1v) is 4.51. The average molecular weight is 174 g/mol. The fourth-order valence-electron chi connectivity index (χ4n) is 0.963. The van der Waals surface area contributed by atoms with Crippen molar-refractivity contribution in [2.24, 2.45) is 0 Å². The van der Waals surface area contributed by atoms with Gasteiger partial charge in [-0.05, 0) is 20.3 Å². The number of carbonyl (C=O) groups is 1. The van der Waals surface area contributed by atoms with Crippen LogP contribution in [0.2, 0.25) is 0 Å². The molecule has 0 aliphatic heterocycles. The summed E-state index contributed by atoms with van der Waals surface area (Å²) in [6.07, 6.45) is 1.25. The minimum Gasteiger partial charge on any atom is -0.466 e. The predicted molar refractivity (Wildman–Crippen MR) is 47.0 cm³/mol. The largest absolute Gasteiger partial charge is 0.466 e. The van der Waals surface area contributed by atoms with Crippen molar-refractivity contribution in [3.05, 3.63) is 0 Å². The number of rotatable bonds is 6. The maximum atomic E-state index is 11.0. The summed E-state index contributed by atoms with van der Waals surface area (Å²) >= 11 is 0. The highest BCUT2D eigenvalue weighted by Crippen LogP contribution is 2.04. The summed E-state index contributed by atoms with van der Waals surface area (Å²) in [7, 11) is 0. The van der Waals surface area contributed by atoms with Gasteiger partial charge in [-0.15, -0.1) is 0 Å². The highest BCUT2D eigenvalue weighted by molar-refractivity contribution is 5.69. The first-order valence-electron chi connectivity index (χ1n) is 4.51. The lowest BCUT2D eigenvalue weighted by molar-refractivity contribution is -0.146. The van der Waals surface area contributed by atoms with Crippen LogP contribution in [0.15, 0.2) is 0 Å². The Balaban J connectivity index is 3.61. The minimum atomic E-state index is -0.169. The minimum absolute atomic E-state index is 0.0223. The van der Waals surface area contributed by atoms with Gasteiger partial charge >= 0.3 is 5.97 Å². The van der Waals surface area contributed by atoms with Crippen LogP contribution in [-0.2, 0) is 14.3 Å². The Morgan fingerprint density at radius 1 is 1.25 bits per heavy atom. The van der Waals surface area contributed by atoms with Crippen LogP contribution in [0.1, 0.15) is 33.6 Å². The Morgan fingerprint density at radius 3 is 2.33 bits per heavy atom. The number of carbonyl (C=O) groups excluding carboxylic acids is 1. The molecule has 0 saturated heterocycles. The zero-order chi connectivity index (χ0) is 9.40. The molecule has 0 radical (unpaired) electrons. The molecule has 0 spiro atoms. The highest BCUT2D eigenvalue weighted by atomic mass is 16.5. The zero-order valence-electron chi connectivity index (χ0n) is 8.13. The van der Waals surface area contributed by atoms with E-state index in [1.54, 1.807) is 6.92 Å². The second-order valence-corrected chi connectivity index (χ2v) is 2.49. The Morgan fingerprint density at radius 2 is 1.92 bits per heavy atom. The van der Waals surface area contributed by atoms with Crippen molar-refractivity contribution < 1.29 is 14.3 Å². The summed E-state index contributed by atoms with van der Waals surface area (Å²) in [5, 5.41) is 0. The Hall–Kier alpha value is -0.570. The molecule has 12 heavy (non-hydrogen) atoms. The number of ether oxygens (including phenoxy) is 2. The monoisotopic (exact) mass is 174 g/mol. The molecule has 0 bridgehead atoms. The van der Waals surface area contributed by atoms with Gasteiger partial charge in [0.25, 0.3) is 0 Å². The van der Waals surface area contributed by atoms with Crippen LogP contribution in [0.3, 0.4) is 0 Å². The Kier molecular flexibility index (Phi) is 6.76. The van der Waals surface area contributed by atoms with Crippen molar-refractivity contribution in [1.82, 2.24) is 0 Å². The third-order valence-electron chi connectivity index (χ3n) is 1.56. The van der Waals surface area contributed by atoms with E-state index in [0.717, 1.165) is 6.42 Å². The SMILES string of the molecule is CCOC(=O)CC(CC)OCC. The molecule has 0 aliphatic carbocycles. The van der Waals surface area contributed by atoms with E-state index in [-0.39, 0.29) is 12.1 Å². The molecule has 1 atom stereocenters. The fourth-order valence-corrected chi connectivity index (χ4v) is 0.963. The van der Waals surface area contributed by atoms with E-state index in [0.29, 0.717) is 19.6 Å². The highest BCUT2D eigenvalue weighted by Gasteiger charge is 2.11. The molecular formula is C9H18O3. The van der Waals surface area contributed by atoms with E-state index in [1.165, 1.54) is 0 Å². The standard InChI is InChI=1S/C9H18O3/c1-4-8(11-5-2)7-9(10)12-6-3/h8H,4-7H2,1-3H3. The van der Waals surface area contributed by atoms with E-state index in [4.69, 9.17) is 9.47 Å². The van der Waals surface area contributed by atoms with Crippen molar-refractivity contribution in [2.45, 2.75) is 39.7 Å². The van der Waals surface area contributed by atoms with E-state index in [1.807, 2.05) is 13.8 Å². The maximum Gasteiger partial charge on any atom is 0.308 e. The van der Waals surface area contributed by atoms with Crippen molar-refractivity contribution >= 4 is 5.97 Å². The molecular weight excluding hydrogens is 156 g/mol. The third kappa shape index (κ3) is 5.13. The van der Waals surface area contributed by atoms with Crippen molar-refractivity contribution in [2.75, 3.05) is 13.2 Å². The van der Waals surface area contributed by atoms with Gasteiger partial charge in [0.05, 0.1) is 19.1 Å². The molecule has 3 nitrogen and oxygen atoms in total. The van der Waals surface area contributed by atoms with Crippen molar-refractivity contribution in [3.63, 3.8) is 0 Å². The molecule has 0 heterocycles. The molecule has 0 saturated carbocycles. The van der Waals surface area contributed by atoms with E-state index < -0.39 is 0 Å². The summed E-state index contributed by atoms with van der Waals surface area (Å²) in [5.41, 5.74) is 0. The van der Waals surface area contributed by atoms with Gasteiger partial charge in [0.1, 0.15) is 0 Å². The fraction of sp³-hybridized carbons (Fsp3) is 0.889. The summed E-state index contributed by atoms with van der Waals surface area (Å²) in [6.45, 7) is 6.83. The van der Waals surface area contributed by atoms with E-state index in [9.17, 15) is 4.79 Å². The lowest BCUT2D eigenvalue weighted by atomic mass is 10.2. The molecule has 1 unspecified atom stereocenters. The number of esters is 1. The lowest BCUT2D eigenvalue weighted by Crippen LogP contribution is -2.18. The van der Waals surface area contributed by atoms with E-state index >= 15 is 0 Å². The molecule has 0 aromatic heterocycles. The molecule has 0 aromatic rings. The molecule has 0 N–H and O–H groups in total. The Labute approximate surface area is 74.0 Å². The quantitative estimate of drug-likeness (QED) is 0.575. The molecule has 3 heteroatoms. The van der Waals surface area contributed by atoms with Gasteiger partial charge in [-0.25, -0.2) is 0 Å². The van der Waals surface area contributed by atoms with Gasteiger partial charge < -0.3 is 9.47 Å². The topological polar surface area (TPSA) is 35.5 Å². The van der Waals surface area contributed by atoms with Gasteiger partial charge in [-0.3, -0.25) is 4.79 Å². The van der Waals surface area contributed by atoms with Crippen LogP contribution in [0.25, 0.3) is 0 Å². The third-order valence-corrected chi connectivity index (χ3v) is 1.56. The average Bonchev–Trinajstić information content (AvgIpc) is 2.04. The van der Waals surface area contributed by atoms with Gasteiger partial charge in [0.15, 0.2) is 0 Å². The normalized spacial score (nSPS) is 12.6. The number of hydrogen-bond donors (Lipinski definition) is 0. The summed E-state index contributed by atoms with van der Waals surface area (Å²) < 4.78 is 10.1. The van der Waals surface area contributed by atoms with Crippen LogP contribution >= 0.6 is 0 Å². The molecule has 0 amide bonds. The van der Waals surface area contributed by atoms with Gasteiger partial charge in [-0.1, -0.05) is 6.92 Å². The molecule has 0 rings (SSSR count). The first kappa shape index (κ1) is 11.4. The molecule has 0 aromatic carbocycles. The lowest BCUT2D eigenvalue weighted by Gasteiger charge is -2.13. The van der Waals surface area contributed by atoms with Crippen molar-refractivity contribution in [3.8, 4) is 0 Å². The van der Waals surface area contributed by atoms with Gasteiger partial charge in [0, 0.05) is 6.61 Å². The van der Waals surface area contributed by atoms with Crippen LogP contribution in [-0.4, -0.2) is 25.3 Å². The van der Waals surface area contributed by atoms with Gasteiger partial charge in [0.2, 0.25) is 0 Å². The number of hydrogen-bond acceptors (Lipinski definition) is 3. The molecule has 0 fully saturated rings. The van der Waals surface area contributed by atoms with Crippen molar-refractivity contribution in [1.29, 1.82) is 0 Å². The summed E-state index contributed by atoms with van der Waals surface area (Å²) in [4.78, 5) is 11.0. The smallest absolute Gasteiger partial charge is 0.308 e. The predicted octanol–water partition coefficient (Wildman–Crippen LogP) is 1.75. The van der Waals surface area contributed by atoms with Crippen LogP contribution < -0.4 is 0 Å². The van der Waals surface area contributed by atoms with Crippen LogP contribution in [0.5, 0.6) is 0 Å². The first-order chi connectivity index (χ1) is 5.74. The Bertz CT molecular complexity index is 123. The second-order valence-electron chi connectivity index (χ2n) is 2.49.